The Morgan fingerprint density at radius 2 is 0.726 bits per heavy atom. The molecule has 0 aromatic carbocycles. The average Bonchev–Trinajstić information content (AvgIpc) is 3.23. The van der Waals surface area contributed by atoms with Gasteiger partial charge in [-0.2, -0.15) is 0 Å². The van der Waals surface area contributed by atoms with Crippen LogP contribution in [0.3, 0.4) is 0 Å². The minimum atomic E-state index is -2.10. The van der Waals surface area contributed by atoms with Crippen molar-refractivity contribution in [1.82, 2.24) is 10.6 Å². The van der Waals surface area contributed by atoms with Crippen LogP contribution in [0.2, 0.25) is 0 Å². The highest BCUT2D eigenvalue weighted by Crippen LogP contribution is 2.35. The van der Waals surface area contributed by atoms with Gasteiger partial charge >= 0.3 is 0 Å². The van der Waals surface area contributed by atoms with Crippen molar-refractivity contribution in [3.63, 3.8) is 0 Å². The number of aliphatic hydroxyl groups is 15. The second-order valence-corrected chi connectivity index (χ2v) is 15.4. The van der Waals surface area contributed by atoms with Crippen LogP contribution in [0, 0.1) is 0 Å². The summed E-state index contributed by atoms with van der Waals surface area (Å²) in [4.78, 5) is 24.4. The van der Waals surface area contributed by atoms with Gasteiger partial charge in [0.2, 0.25) is 11.8 Å². The summed E-state index contributed by atoms with van der Waals surface area (Å²) < 4.78 is 50.7. The molecule has 28 nitrogen and oxygen atoms in total. The maximum absolute atomic E-state index is 12.5. The smallest absolute Gasteiger partial charge is 0.217 e. The van der Waals surface area contributed by atoms with Crippen molar-refractivity contribution in [2.24, 2.45) is 0 Å². The highest BCUT2D eigenvalue weighted by Gasteiger charge is 2.57. The van der Waals surface area contributed by atoms with E-state index < -0.39 is 198 Å². The van der Waals surface area contributed by atoms with Crippen LogP contribution in [-0.4, -0.2) is 275 Å². The van der Waals surface area contributed by atoms with Crippen LogP contribution in [0.15, 0.2) is 0 Å². The van der Waals surface area contributed by atoms with Crippen LogP contribution in [-0.2, 0) is 52.2 Å². The van der Waals surface area contributed by atoms with Crippen molar-refractivity contribution >= 4 is 11.8 Å². The van der Waals surface area contributed by atoms with E-state index in [0.717, 1.165) is 13.8 Å². The quantitative estimate of drug-likeness (QED) is 0.0725. The molecule has 5 aliphatic heterocycles. The predicted molar refractivity (Wildman–Crippen MR) is 190 cm³/mol. The van der Waals surface area contributed by atoms with Crippen molar-refractivity contribution in [3.05, 3.63) is 0 Å². The van der Waals surface area contributed by atoms with Gasteiger partial charge in [0.05, 0.1) is 33.0 Å². The van der Waals surface area contributed by atoms with Gasteiger partial charge in [0.1, 0.15) is 122 Å². The Bertz CT molecular complexity index is 1440. The molecule has 5 rings (SSSR count). The number of aliphatic hydroxyl groups excluding tert-OH is 15. The molecule has 5 aliphatic rings. The largest absolute Gasteiger partial charge is 0.394 e. The van der Waals surface area contributed by atoms with Crippen molar-refractivity contribution in [1.29, 1.82) is 0 Å². The Kier molecular flexibility index (Phi) is 18.1. The fourth-order valence-corrected chi connectivity index (χ4v) is 7.83. The van der Waals surface area contributed by atoms with Gasteiger partial charge in [0, 0.05) is 13.8 Å². The Morgan fingerprint density at radius 3 is 1.15 bits per heavy atom. The number of carbonyl (C=O) groups is 2. The fourth-order valence-electron chi connectivity index (χ4n) is 7.83. The Balaban J connectivity index is 1.37. The molecule has 0 aromatic rings. The zero-order valence-corrected chi connectivity index (χ0v) is 33.2. The Hall–Kier alpha value is -2.02. The SMILES string of the molecule is CC(=O)N[C@H]1[C@H](O[C@H]2[C@@H](O)[C@@H](CO)O[C@@H](O[C@H]3[C@H](O)[C@@H](O)[C@H](O)O[C@@H]3CO)[C@@H]2O)O[C@H](CO)[C@@H](O[C@@H]2O[C@H](CO)[C@H](O)[C@H](O[C@@H]3O[C@H](CO)[C@@H](O)[C@H](O)[C@H]3NC(C)=O)[C@H]2O)[C@@H]1O. The normalized spacial score (nSPS) is 49.0. The second kappa shape index (κ2) is 22.0. The number of nitrogens with one attached hydrogen (secondary N) is 2. The third-order valence-electron chi connectivity index (χ3n) is 11.1. The molecule has 0 unspecified atom stereocenters. The fraction of sp³-hybridized carbons (Fsp3) is 0.941. The summed E-state index contributed by atoms with van der Waals surface area (Å²) >= 11 is 0. The first-order chi connectivity index (χ1) is 29.3. The monoisotopic (exact) mass is 910 g/mol. The summed E-state index contributed by atoms with van der Waals surface area (Å²) in [6, 6.07) is -3.28. The van der Waals surface area contributed by atoms with Crippen LogP contribution < -0.4 is 10.6 Å². The van der Waals surface area contributed by atoms with E-state index in [1.807, 2.05) is 0 Å². The van der Waals surface area contributed by atoms with Gasteiger partial charge < -0.3 is 130 Å². The Morgan fingerprint density at radius 1 is 0.387 bits per heavy atom. The summed E-state index contributed by atoms with van der Waals surface area (Å²) in [6.07, 6.45) is -42.2. The number of ether oxygens (including phenoxy) is 9. The molecule has 17 N–H and O–H groups in total. The third kappa shape index (κ3) is 10.8. The summed E-state index contributed by atoms with van der Waals surface area (Å²) in [5, 5.41) is 163. The van der Waals surface area contributed by atoms with E-state index >= 15 is 0 Å². The van der Waals surface area contributed by atoms with Gasteiger partial charge in [-0.15, -0.1) is 0 Å². The number of hydrogen-bond acceptors (Lipinski definition) is 26. The number of rotatable bonds is 15. The molecular formula is C34H58N2O26. The van der Waals surface area contributed by atoms with Gasteiger partial charge in [-0.25, -0.2) is 0 Å². The van der Waals surface area contributed by atoms with Crippen molar-refractivity contribution < 1.29 is 129 Å². The first kappa shape index (κ1) is 51.0. The second-order valence-electron chi connectivity index (χ2n) is 15.4. The van der Waals surface area contributed by atoms with Crippen LogP contribution in [0.1, 0.15) is 13.8 Å². The average molecular weight is 911 g/mol. The molecule has 0 spiro atoms. The minimum absolute atomic E-state index is 0.726. The maximum Gasteiger partial charge on any atom is 0.217 e. The molecule has 5 fully saturated rings. The molecule has 25 atom stereocenters. The zero-order chi connectivity index (χ0) is 45.9. The highest BCUT2D eigenvalue weighted by molar-refractivity contribution is 5.73. The van der Waals surface area contributed by atoms with Crippen LogP contribution in [0.5, 0.6) is 0 Å². The predicted octanol–water partition coefficient (Wildman–Crippen LogP) is -11.6. The molecule has 360 valence electrons. The highest BCUT2D eigenvalue weighted by atomic mass is 16.8. The van der Waals surface area contributed by atoms with Crippen molar-refractivity contribution in [2.75, 3.05) is 33.0 Å². The van der Waals surface area contributed by atoms with Gasteiger partial charge in [-0.05, 0) is 0 Å². The minimum Gasteiger partial charge on any atom is -0.394 e. The van der Waals surface area contributed by atoms with Crippen LogP contribution in [0.25, 0.3) is 0 Å². The van der Waals surface area contributed by atoms with Crippen LogP contribution >= 0.6 is 0 Å². The Labute approximate surface area is 351 Å². The lowest BCUT2D eigenvalue weighted by Crippen LogP contribution is -2.70. The van der Waals surface area contributed by atoms with E-state index in [1.54, 1.807) is 0 Å². The van der Waals surface area contributed by atoms with Gasteiger partial charge in [0.25, 0.3) is 0 Å². The number of amides is 2. The molecule has 2 amide bonds. The van der Waals surface area contributed by atoms with E-state index in [1.165, 1.54) is 0 Å². The first-order valence-electron chi connectivity index (χ1n) is 19.6. The standard InChI is InChI=1S/C34H58N2O26/c1-8(42)35-15-20(47)17(44)10(3-37)55-31(15)61-28-18(45)11(4-38)56-33(24(28)51)59-26-14(7-41)58-32(16(21(26)48)36-9(2)43)62-29-19(46)12(5-39)57-34(25(29)52)60-27-13(6-40)54-30(53)23(50)22(27)49/h10-34,37-41,44-53H,3-7H2,1-2H3,(H,35,42)(H,36,43)/t10-,11-,12-,13-,14-,15-,16-,17-,18+,19+,20-,21-,22-,23-,24-,25-,26-,27-,28+,29+,30-,31+,32+,33+,34+/m1/s1. The van der Waals surface area contributed by atoms with Gasteiger partial charge in [-0.3, -0.25) is 9.59 Å². The topological polar surface area (TPSA) is 445 Å². The van der Waals surface area contributed by atoms with E-state index in [2.05, 4.69) is 10.6 Å². The summed E-state index contributed by atoms with van der Waals surface area (Å²) in [6.45, 7) is -2.53. The van der Waals surface area contributed by atoms with E-state index in [0.29, 0.717) is 0 Å². The molecule has 28 heteroatoms. The summed E-state index contributed by atoms with van der Waals surface area (Å²) in [5.41, 5.74) is 0. The number of hydrogen-bond donors (Lipinski definition) is 17. The molecule has 0 saturated carbocycles. The summed E-state index contributed by atoms with van der Waals surface area (Å²) in [5.74, 6) is -1.55. The molecule has 0 radical (unpaired) electrons. The lowest BCUT2D eigenvalue weighted by molar-refractivity contribution is -0.384. The number of carbonyl (C=O) groups excluding carboxylic acids is 2. The lowest BCUT2D eigenvalue weighted by Gasteiger charge is -2.50. The molecule has 5 saturated heterocycles. The molecule has 0 aliphatic carbocycles. The molecule has 0 aromatic heterocycles. The molecule has 0 bridgehead atoms. The van der Waals surface area contributed by atoms with Crippen molar-refractivity contribution in [3.8, 4) is 0 Å². The molecule has 5 heterocycles. The maximum atomic E-state index is 12.5. The third-order valence-corrected chi connectivity index (χ3v) is 11.1. The summed E-state index contributed by atoms with van der Waals surface area (Å²) in [7, 11) is 0. The van der Waals surface area contributed by atoms with Crippen LogP contribution in [0.4, 0.5) is 0 Å². The van der Waals surface area contributed by atoms with Crippen molar-refractivity contribution in [2.45, 2.75) is 167 Å². The van der Waals surface area contributed by atoms with E-state index in [9.17, 15) is 86.2 Å². The molecular weight excluding hydrogens is 852 g/mol. The first-order valence-corrected chi connectivity index (χ1v) is 19.6. The van der Waals surface area contributed by atoms with Gasteiger partial charge in [-0.1, -0.05) is 0 Å². The van der Waals surface area contributed by atoms with Gasteiger partial charge in [0.15, 0.2) is 31.5 Å². The van der Waals surface area contributed by atoms with E-state index in [-0.39, 0.29) is 0 Å². The zero-order valence-electron chi connectivity index (χ0n) is 33.2. The molecule has 62 heavy (non-hydrogen) atoms. The van der Waals surface area contributed by atoms with E-state index in [4.69, 9.17) is 42.6 Å². The lowest BCUT2D eigenvalue weighted by atomic mass is 9.94.